The van der Waals surface area contributed by atoms with Gasteiger partial charge >= 0.3 is 0 Å². The number of benzene rings is 1. The Labute approximate surface area is 115 Å². The van der Waals surface area contributed by atoms with Crippen molar-refractivity contribution < 1.29 is 8.42 Å². The van der Waals surface area contributed by atoms with Crippen LogP contribution in [0.25, 0.3) is 0 Å². The van der Waals surface area contributed by atoms with Crippen molar-refractivity contribution in [1.82, 2.24) is 4.31 Å². The molecule has 2 rings (SSSR count). The summed E-state index contributed by atoms with van der Waals surface area (Å²) in [6.07, 6.45) is 3.68. The van der Waals surface area contributed by atoms with Crippen LogP contribution in [0.15, 0.2) is 29.2 Å². The summed E-state index contributed by atoms with van der Waals surface area (Å²) in [5.41, 5.74) is 6.57. The van der Waals surface area contributed by atoms with Gasteiger partial charge in [0.25, 0.3) is 0 Å². The molecule has 5 heteroatoms. The topological polar surface area (TPSA) is 63.4 Å². The van der Waals surface area contributed by atoms with Gasteiger partial charge in [-0.05, 0) is 50.4 Å². The molecular weight excluding hydrogens is 260 g/mol. The van der Waals surface area contributed by atoms with Crippen LogP contribution < -0.4 is 5.73 Å². The maximum atomic E-state index is 12.7. The van der Waals surface area contributed by atoms with Gasteiger partial charge in [0.1, 0.15) is 0 Å². The summed E-state index contributed by atoms with van der Waals surface area (Å²) in [7, 11) is -3.38. The fourth-order valence-corrected chi connectivity index (χ4v) is 4.51. The van der Waals surface area contributed by atoms with Crippen LogP contribution in [0.4, 0.5) is 0 Å². The standard InChI is InChI=1S/C14H22N2O2S/c1-12-5-4-7-14(11-12)19(17,18)16-10-3-2-6-13(16)8-9-15/h4-5,7,11,13H,2-3,6,8-10,15H2,1H3. The Hall–Kier alpha value is -0.910. The number of hydrogen-bond acceptors (Lipinski definition) is 3. The minimum absolute atomic E-state index is 0.0595. The fourth-order valence-electron chi connectivity index (χ4n) is 2.68. The number of nitrogens with zero attached hydrogens (tertiary/aromatic N) is 1. The van der Waals surface area contributed by atoms with Crippen molar-refractivity contribution in [2.24, 2.45) is 5.73 Å². The van der Waals surface area contributed by atoms with E-state index in [1.54, 1.807) is 22.5 Å². The maximum absolute atomic E-state index is 12.7. The Morgan fingerprint density at radius 3 is 2.84 bits per heavy atom. The Balaban J connectivity index is 2.31. The largest absolute Gasteiger partial charge is 0.330 e. The van der Waals surface area contributed by atoms with E-state index in [-0.39, 0.29) is 6.04 Å². The highest BCUT2D eigenvalue weighted by atomic mass is 32.2. The molecule has 0 radical (unpaired) electrons. The predicted molar refractivity (Wildman–Crippen MR) is 76.4 cm³/mol. The first-order valence-corrected chi connectivity index (χ1v) is 8.28. The number of sulfonamides is 1. The second kappa shape index (κ2) is 6.03. The molecule has 106 valence electrons. The lowest BCUT2D eigenvalue weighted by atomic mass is 10.0. The highest BCUT2D eigenvalue weighted by Crippen LogP contribution is 2.27. The number of nitrogens with two attached hydrogens (primary N) is 1. The molecule has 0 aliphatic carbocycles. The highest BCUT2D eigenvalue weighted by molar-refractivity contribution is 7.89. The van der Waals surface area contributed by atoms with Gasteiger partial charge < -0.3 is 5.73 Å². The van der Waals surface area contributed by atoms with E-state index in [0.29, 0.717) is 18.0 Å². The third-order valence-corrected chi connectivity index (χ3v) is 5.62. The lowest BCUT2D eigenvalue weighted by molar-refractivity contribution is 0.243. The van der Waals surface area contributed by atoms with E-state index in [2.05, 4.69) is 0 Å². The third-order valence-electron chi connectivity index (χ3n) is 3.67. The highest BCUT2D eigenvalue weighted by Gasteiger charge is 2.32. The second-order valence-electron chi connectivity index (χ2n) is 5.16. The molecule has 4 nitrogen and oxygen atoms in total. The molecule has 0 aromatic heterocycles. The summed E-state index contributed by atoms with van der Waals surface area (Å²) in [5.74, 6) is 0. The molecule has 19 heavy (non-hydrogen) atoms. The van der Waals surface area contributed by atoms with Gasteiger partial charge in [0, 0.05) is 12.6 Å². The first-order valence-electron chi connectivity index (χ1n) is 6.84. The van der Waals surface area contributed by atoms with Gasteiger partial charge in [0.15, 0.2) is 0 Å². The Kier molecular flexibility index (Phi) is 4.60. The first-order chi connectivity index (χ1) is 9.05. The zero-order chi connectivity index (χ0) is 13.9. The van der Waals surface area contributed by atoms with E-state index < -0.39 is 10.0 Å². The van der Waals surface area contributed by atoms with E-state index in [9.17, 15) is 8.42 Å². The van der Waals surface area contributed by atoms with Gasteiger partial charge in [-0.3, -0.25) is 0 Å². The third kappa shape index (κ3) is 3.16. The maximum Gasteiger partial charge on any atom is 0.243 e. The van der Waals surface area contributed by atoms with Crippen LogP contribution >= 0.6 is 0 Å². The van der Waals surface area contributed by atoms with Crippen LogP contribution in [0.3, 0.4) is 0 Å². The van der Waals surface area contributed by atoms with Crippen LogP contribution in [0.5, 0.6) is 0 Å². The van der Waals surface area contributed by atoms with Gasteiger partial charge in [-0.1, -0.05) is 18.6 Å². The van der Waals surface area contributed by atoms with Crippen molar-refractivity contribution >= 4 is 10.0 Å². The number of aryl methyl sites for hydroxylation is 1. The zero-order valence-corrected chi connectivity index (χ0v) is 12.2. The smallest absolute Gasteiger partial charge is 0.243 e. The molecule has 0 bridgehead atoms. The number of piperidine rings is 1. The molecule has 1 atom stereocenters. The number of rotatable bonds is 4. The molecular formula is C14H22N2O2S. The molecule has 2 N–H and O–H groups in total. The van der Waals surface area contributed by atoms with Crippen LogP contribution in [-0.2, 0) is 10.0 Å². The van der Waals surface area contributed by atoms with Crippen molar-refractivity contribution in [3.63, 3.8) is 0 Å². The van der Waals surface area contributed by atoms with E-state index in [4.69, 9.17) is 5.73 Å². The summed E-state index contributed by atoms with van der Waals surface area (Å²) < 4.78 is 27.1. The molecule has 1 aromatic rings. The van der Waals surface area contributed by atoms with E-state index in [1.165, 1.54) is 0 Å². The van der Waals surface area contributed by atoms with E-state index >= 15 is 0 Å². The van der Waals surface area contributed by atoms with Gasteiger partial charge in [-0.15, -0.1) is 0 Å². The average molecular weight is 282 g/mol. The number of hydrogen-bond donors (Lipinski definition) is 1. The van der Waals surface area contributed by atoms with Gasteiger partial charge in [-0.2, -0.15) is 4.31 Å². The van der Waals surface area contributed by atoms with Crippen LogP contribution in [0, 0.1) is 6.92 Å². The zero-order valence-electron chi connectivity index (χ0n) is 11.4. The summed E-state index contributed by atoms with van der Waals surface area (Å²) in [4.78, 5) is 0.399. The molecule has 1 aliphatic rings. The summed E-state index contributed by atoms with van der Waals surface area (Å²) >= 11 is 0. The molecule has 1 heterocycles. The van der Waals surface area contributed by atoms with Crippen LogP contribution in [-0.4, -0.2) is 31.9 Å². The molecule has 1 saturated heterocycles. The molecule has 1 unspecified atom stereocenters. The van der Waals surface area contributed by atoms with Crippen molar-refractivity contribution in [2.75, 3.05) is 13.1 Å². The Bertz CT molecular complexity index is 526. The lowest BCUT2D eigenvalue weighted by Crippen LogP contribution is -2.44. The van der Waals surface area contributed by atoms with Crippen molar-refractivity contribution in [3.05, 3.63) is 29.8 Å². The Morgan fingerprint density at radius 2 is 2.16 bits per heavy atom. The van der Waals surface area contributed by atoms with Gasteiger partial charge in [0.2, 0.25) is 10.0 Å². The molecule has 1 fully saturated rings. The molecule has 0 amide bonds. The predicted octanol–water partition coefficient (Wildman–Crippen LogP) is 1.89. The summed E-state index contributed by atoms with van der Waals surface area (Å²) in [6, 6.07) is 7.18. The normalized spacial score (nSPS) is 21.5. The Morgan fingerprint density at radius 1 is 1.37 bits per heavy atom. The van der Waals surface area contributed by atoms with E-state index in [1.807, 2.05) is 13.0 Å². The SMILES string of the molecule is Cc1cccc(S(=O)(=O)N2CCCCC2CCN)c1. The molecule has 0 spiro atoms. The average Bonchev–Trinajstić information content (AvgIpc) is 2.39. The van der Waals surface area contributed by atoms with E-state index in [0.717, 1.165) is 31.2 Å². The van der Waals surface area contributed by atoms with Crippen LogP contribution in [0.1, 0.15) is 31.2 Å². The molecule has 1 aliphatic heterocycles. The fraction of sp³-hybridized carbons (Fsp3) is 0.571. The van der Waals surface area contributed by atoms with Crippen LogP contribution in [0.2, 0.25) is 0 Å². The van der Waals surface area contributed by atoms with Crippen molar-refractivity contribution in [3.8, 4) is 0 Å². The summed E-state index contributed by atoms with van der Waals surface area (Å²) in [6.45, 7) is 3.05. The summed E-state index contributed by atoms with van der Waals surface area (Å²) in [5, 5.41) is 0. The van der Waals surface area contributed by atoms with Gasteiger partial charge in [0.05, 0.1) is 4.90 Å². The van der Waals surface area contributed by atoms with Crippen molar-refractivity contribution in [1.29, 1.82) is 0 Å². The second-order valence-corrected chi connectivity index (χ2v) is 7.05. The minimum Gasteiger partial charge on any atom is -0.330 e. The van der Waals surface area contributed by atoms with Gasteiger partial charge in [-0.25, -0.2) is 8.42 Å². The first kappa shape index (κ1) is 14.5. The molecule has 0 saturated carbocycles. The minimum atomic E-state index is -3.38. The van der Waals surface area contributed by atoms with Crippen molar-refractivity contribution in [2.45, 2.75) is 43.5 Å². The molecule has 1 aromatic carbocycles. The quantitative estimate of drug-likeness (QED) is 0.917. The lowest BCUT2D eigenvalue weighted by Gasteiger charge is -2.34. The monoisotopic (exact) mass is 282 g/mol.